The Morgan fingerprint density at radius 2 is 2.05 bits per heavy atom. The van der Waals surface area contributed by atoms with Crippen LogP contribution in [-0.2, 0) is 10.0 Å². The van der Waals surface area contributed by atoms with E-state index in [0.29, 0.717) is 18.3 Å². The predicted octanol–water partition coefficient (Wildman–Crippen LogP) is 1.99. The predicted molar refractivity (Wildman–Crippen MR) is 76.7 cm³/mol. The van der Waals surface area contributed by atoms with Crippen LogP contribution in [0.2, 0.25) is 0 Å². The van der Waals surface area contributed by atoms with Gasteiger partial charge in [-0.25, -0.2) is 13.1 Å². The number of ether oxygens (including phenoxy) is 1. The van der Waals surface area contributed by atoms with Crippen molar-refractivity contribution in [3.05, 3.63) is 18.2 Å². The minimum Gasteiger partial charge on any atom is -0.494 e. The number of nitrogens with two attached hydrogens (primary N) is 1. The standard InChI is InChI=1S/C13H22N2O3S/c1-10(2)5-4-8-18-11-6-7-13(12(14)9-11)19(16,17)15-3/h6-7,9-10,15H,4-5,8,14H2,1-3H3. The third kappa shape index (κ3) is 4.72. The number of hydrogen-bond acceptors (Lipinski definition) is 4. The maximum Gasteiger partial charge on any atom is 0.242 e. The van der Waals surface area contributed by atoms with E-state index in [0.717, 1.165) is 12.8 Å². The lowest BCUT2D eigenvalue weighted by Gasteiger charge is -2.10. The van der Waals surface area contributed by atoms with Gasteiger partial charge in [0, 0.05) is 6.07 Å². The zero-order valence-corrected chi connectivity index (χ0v) is 12.5. The van der Waals surface area contributed by atoms with Crippen LogP contribution in [0.4, 0.5) is 5.69 Å². The lowest BCUT2D eigenvalue weighted by molar-refractivity contribution is 0.297. The molecule has 0 aliphatic heterocycles. The number of hydrogen-bond donors (Lipinski definition) is 2. The van der Waals surface area contributed by atoms with Gasteiger partial charge < -0.3 is 10.5 Å². The normalized spacial score (nSPS) is 11.8. The first-order valence-corrected chi connectivity index (χ1v) is 7.81. The molecule has 108 valence electrons. The van der Waals surface area contributed by atoms with Crippen LogP contribution in [0.3, 0.4) is 0 Å². The highest BCUT2D eigenvalue weighted by molar-refractivity contribution is 7.89. The molecule has 0 aliphatic carbocycles. The number of rotatable bonds is 7. The number of nitrogens with one attached hydrogen (secondary N) is 1. The van der Waals surface area contributed by atoms with Crippen molar-refractivity contribution >= 4 is 15.7 Å². The van der Waals surface area contributed by atoms with E-state index < -0.39 is 10.0 Å². The van der Waals surface area contributed by atoms with Gasteiger partial charge in [-0.1, -0.05) is 13.8 Å². The fourth-order valence-corrected chi connectivity index (χ4v) is 2.49. The monoisotopic (exact) mass is 286 g/mol. The Morgan fingerprint density at radius 3 is 2.58 bits per heavy atom. The average molecular weight is 286 g/mol. The Kier molecular flexibility index (Phi) is 5.62. The molecule has 3 N–H and O–H groups in total. The van der Waals surface area contributed by atoms with Crippen LogP contribution in [0.25, 0.3) is 0 Å². The molecule has 0 heterocycles. The third-order valence-corrected chi connectivity index (χ3v) is 4.22. The highest BCUT2D eigenvalue weighted by Crippen LogP contribution is 2.23. The molecule has 0 saturated carbocycles. The van der Waals surface area contributed by atoms with Gasteiger partial charge in [-0.05, 0) is 37.9 Å². The summed E-state index contributed by atoms with van der Waals surface area (Å²) >= 11 is 0. The topological polar surface area (TPSA) is 81.4 Å². The van der Waals surface area contributed by atoms with Crippen molar-refractivity contribution in [2.24, 2.45) is 5.92 Å². The first kappa shape index (κ1) is 15.8. The molecule has 0 saturated heterocycles. The Bertz CT molecular complexity index is 513. The smallest absolute Gasteiger partial charge is 0.242 e. The van der Waals surface area contributed by atoms with Crippen LogP contribution in [0.5, 0.6) is 5.75 Å². The quantitative estimate of drug-likeness (QED) is 0.593. The maximum atomic E-state index is 11.6. The highest BCUT2D eigenvalue weighted by Gasteiger charge is 2.15. The molecule has 0 unspecified atom stereocenters. The molecule has 6 heteroatoms. The average Bonchev–Trinajstić information content (AvgIpc) is 2.34. The molecule has 0 aliphatic rings. The van der Waals surface area contributed by atoms with Crippen molar-refractivity contribution in [3.63, 3.8) is 0 Å². The second-order valence-corrected chi connectivity index (χ2v) is 6.65. The van der Waals surface area contributed by atoms with Crippen LogP contribution in [0.1, 0.15) is 26.7 Å². The molecular weight excluding hydrogens is 264 g/mol. The summed E-state index contributed by atoms with van der Waals surface area (Å²) in [6, 6.07) is 4.62. The van der Waals surface area contributed by atoms with E-state index in [-0.39, 0.29) is 10.6 Å². The van der Waals surface area contributed by atoms with Crippen molar-refractivity contribution in [2.75, 3.05) is 19.4 Å². The number of nitrogen functional groups attached to an aromatic ring is 1. The van der Waals surface area contributed by atoms with E-state index in [1.54, 1.807) is 12.1 Å². The van der Waals surface area contributed by atoms with Gasteiger partial charge in [-0.2, -0.15) is 0 Å². The highest BCUT2D eigenvalue weighted by atomic mass is 32.2. The molecule has 0 bridgehead atoms. The Morgan fingerprint density at radius 1 is 1.37 bits per heavy atom. The molecule has 0 spiro atoms. The van der Waals surface area contributed by atoms with Gasteiger partial charge in [0.1, 0.15) is 10.6 Å². The van der Waals surface area contributed by atoms with E-state index >= 15 is 0 Å². The molecule has 1 aromatic rings. The first-order chi connectivity index (χ1) is 8.86. The summed E-state index contributed by atoms with van der Waals surface area (Å²) in [7, 11) is -2.16. The minimum absolute atomic E-state index is 0.0736. The van der Waals surface area contributed by atoms with Crippen molar-refractivity contribution < 1.29 is 13.2 Å². The van der Waals surface area contributed by atoms with Crippen molar-refractivity contribution in [2.45, 2.75) is 31.6 Å². The summed E-state index contributed by atoms with van der Waals surface area (Å²) in [5.74, 6) is 1.24. The van der Waals surface area contributed by atoms with Gasteiger partial charge in [-0.15, -0.1) is 0 Å². The van der Waals surface area contributed by atoms with Crippen molar-refractivity contribution in [1.29, 1.82) is 0 Å². The second-order valence-electron chi connectivity index (χ2n) is 4.79. The first-order valence-electron chi connectivity index (χ1n) is 6.32. The van der Waals surface area contributed by atoms with Crippen molar-refractivity contribution in [3.8, 4) is 5.75 Å². The molecule has 5 nitrogen and oxygen atoms in total. The SMILES string of the molecule is CNS(=O)(=O)c1ccc(OCCCC(C)C)cc1N. The van der Waals surface area contributed by atoms with Crippen LogP contribution < -0.4 is 15.2 Å². The lowest BCUT2D eigenvalue weighted by atomic mass is 10.1. The van der Waals surface area contributed by atoms with Gasteiger partial charge in [0.25, 0.3) is 0 Å². The molecule has 0 amide bonds. The van der Waals surface area contributed by atoms with Gasteiger partial charge in [0.2, 0.25) is 10.0 Å². The summed E-state index contributed by atoms with van der Waals surface area (Å²) in [6.45, 7) is 4.93. The molecule has 1 rings (SSSR count). The molecule has 19 heavy (non-hydrogen) atoms. The molecule has 0 radical (unpaired) electrons. The molecule has 0 atom stereocenters. The zero-order valence-electron chi connectivity index (χ0n) is 11.6. The summed E-state index contributed by atoms with van der Waals surface area (Å²) < 4.78 is 31.1. The number of anilines is 1. The summed E-state index contributed by atoms with van der Waals surface area (Å²) in [4.78, 5) is 0.0736. The number of sulfonamides is 1. The minimum atomic E-state index is -3.51. The summed E-state index contributed by atoms with van der Waals surface area (Å²) in [5.41, 5.74) is 5.93. The van der Waals surface area contributed by atoms with Crippen LogP contribution >= 0.6 is 0 Å². The third-order valence-electron chi connectivity index (χ3n) is 2.73. The molecule has 1 aromatic carbocycles. The van der Waals surface area contributed by atoms with Crippen LogP contribution in [0, 0.1) is 5.92 Å². The Labute approximate surface area is 115 Å². The fourth-order valence-electron chi connectivity index (χ4n) is 1.65. The van der Waals surface area contributed by atoms with E-state index in [2.05, 4.69) is 18.6 Å². The van der Waals surface area contributed by atoms with E-state index in [9.17, 15) is 8.42 Å². The van der Waals surface area contributed by atoms with Gasteiger partial charge >= 0.3 is 0 Å². The van der Waals surface area contributed by atoms with Crippen LogP contribution in [0.15, 0.2) is 23.1 Å². The fraction of sp³-hybridized carbons (Fsp3) is 0.538. The Hall–Kier alpha value is -1.27. The maximum absolute atomic E-state index is 11.6. The Balaban J connectivity index is 2.67. The summed E-state index contributed by atoms with van der Waals surface area (Å²) in [5, 5.41) is 0. The number of benzene rings is 1. The lowest BCUT2D eigenvalue weighted by Crippen LogP contribution is -2.19. The zero-order chi connectivity index (χ0) is 14.5. The van der Waals surface area contributed by atoms with Gasteiger partial charge in [0.15, 0.2) is 0 Å². The van der Waals surface area contributed by atoms with E-state index in [1.165, 1.54) is 13.1 Å². The van der Waals surface area contributed by atoms with E-state index in [1.807, 2.05) is 0 Å². The molecule has 0 aromatic heterocycles. The molecule has 0 fully saturated rings. The van der Waals surface area contributed by atoms with Crippen molar-refractivity contribution in [1.82, 2.24) is 4.72 Å². The second kappa shape index (κ2) is 6.77. The van der Waals surface area contributed by atoms with E-state index in [4.69, 9.17) is 10.5 Å². The largest absolute Gasteiger partial charge is 0.494 e. The van der Waals surface area contributed by atoms with Crippen LogP contribution in [-0.4, -0.2) is 22.1 Å². The molecular formula is C13H22N2O3S. The van der Waals surface area contributed by atoms with Gasteiger partial charge in [0.05, 0.1) is 12.3 Å². The summed E-state index contributed by atoms with van der Waals surface area (Å²) in [6.07, 6.45) is 2.07. The van der Waals surface area contributed by atoms with Gasteiger partial charge in [-0.3, -0.25) is 0 Å².